The predicted octanol–water partition coefficient (Wildman–Crippen LogP) is 4.12. The standard InChI is InChI=1S/C22H22N6O/c1-3-11-28(2)20-9-7-17(14-24-20)25-22(29)21-18-12-15(6-8-19(18)26-27-21)16-5-4-10-23-13-16/h4-10,12-14H,3,11H2,1-2H3,(H,25,29)(H,26,27). The summed E-state index contributed by atoms with van der Waals surface area (Å²) in [6, 6.07) is 13.5. The van der Waals surface area contributed by atoms with E-state index in [1.165, 1.54) is 0 Å². The number of fused-ring (bicyclic) bond motifs is 1. The number of pyridine rings is 2. The molecule has 0 spiro atoms. The quantitative estimate of drug-likeness (QED) is 0.521. The van der Waals surface area contributed by atoms with E-state index in [9.17, 15) is 4.79 Å². The third-order valence-corrected chi connectivity index (χ3v) is 4.73. The van der Waals surface area contributed by atoms with Gasteiger partial charge >= 0.3 is 0 Å². The summed E-state index contributed by atoms with van der Waals surface area (Å²) in [6.45, 7) is 3.05. The minimum absolute atomic E-state index is 0.281. The number of carbonyl (C=O) groups is 1. The van der Waals surface area contributed by atoms with Crippen LogP contribution >= 0.6 is 0 Å². The lowest BCUT2D eigenvalue weighted by molar-refractivity contribution is 0.102. The molecule has 3 heterocycles. The molecule has 0 saturated heterocycles. The van der Waals surface area contributed by atoms with Crippen molar-refractivity contribution in [3.05, 3.63) is 66.7 Å². The lowest BCUT2D eigenvalue weighted by Crippen LogP contribution is -2.19. The predicted molar refractivity (Wildman–Crippen MR) is 115 cm³/mol. The molecule has 1 amide bonds. The first-order chi connectivity index (χ1) is 14.2. The SMILES string of the molecule is CCCN(C)c1ccc(NC(=O)c2n[nH]c3ccc(-c4cccnc4)cc23)cn1. The van der Waals surface area contributed by atoms with Crippen molar-refractivity contribution in [2.75, 3.05) is 23.8 Å². The van der Waals surface area contributed by atoms with E-state index in [4.69, 9.17) is 0 Å². The number of hydrogen-bond donors (Lipinski definition) is 2. The van der Waals surface area contributed by atoms with Gasteiger partial charge in [0.15, 0.2) is 5.69 Å². The second-order valence-electron chi connectivity index (χ2n) is 6.86. The molecular weight excluding hydrogens is 364 g/mol. The van der Waals surface area contributed by atoms with Gasteiger partial charge in [0.05, 0.1) is 17.4 Å². The molecule has 0 atom stereocenters. The Labute approximate surface area is 168 Å². The van der Waals surface area contributed by atoms with Crippen LogP contribution in [0.15, 0.2) is 61.1 Å². The summed E-state index contributed by atoms with van der Waals surface area (Å²) in [5.41, 5.74) is 3.74. The van der Waals surface area contributed by atoms with Crippen molar-refractivity contribution in [1.82, 2.24) is 20.2 Å². The Hall–Kier alpha value is -3.74. The van der Waals surface area contributed by atoms with Crippen LogP contribution in [0.4, 0.5) is 11.5 Å². The van der Waals surface area contributed by atoms with Gasteiger partial charge in [0.1, 0.15) is 5.82 Å². The molecule has 4 aromatic rings. The number of amides is 1. The fourth-order valence-corrected chi connectivity index (χ4v) is 3.23. The molecular formula is C22H22N6O. The maximum absolute atomic E-state index is 12.8. The minimum Gasteiger partial charge on any atom is -0.360 e. The molecule has 0 bridgehead atoms. The van der Waals surface area contributed by atoms with Gasteiger partial charge in [-0.25, -0.2) is 4.98 Å². The number of nitrogens with zero attached hydrogens (tertiary/aromatic N) is 4. The van der Waals surface area contributed by atoms with Crippen molar-refractivity contribution < 1.29 is 4.79 Å². The molecule has 7 nitrogen and oxygen atoms in total. The number of rotatable bonds is 6. The van der Waals surface area contributed by atoms with Crippen molar-refractivity contribution in [3.8, 4) is 11.1 Å². The van der Waals surface area contributed by atoms with Gasteiger partial charge in [-0.3, -0.25) is 14.9 Å². The summed E-state index contributed by atoms with van der Waals surface area (Å²) in [5, 5.41) is 10.8. The molecule has 29 heavy (non-hydrogen) atoms. The highest BCUT2D eigenvalue weighted by atomic mass is 16.1. The first-order valence-corrected chi connectivity index (χ1v) is 9.53. The van der Waals surface area contributed by atoms with Crippen LogP contribution in [-0.2, 0) is 0 Å². The van der Waals surface area contributed by atoms with Crippen LogP contribution in [0.3, 0.4) is 0 Å². The third kappa shape index (κ3) is 3.94. The average molecular weight is 386 g/mol. The van der Waals surface area contributed by atoms with Crippen LogP contribution in [0.2, 0.25) is 0 Å². The second kappa shape index (κ2) is 8.10. The molecule has 0 saturated carbocycles. The van der Waals surface area contributed by atoms with Gasteiger partial charge in [-0.2, -0.15) is 5.10 Å². The smallest absolute Gasteiger partial charge is 0.276 e. The fourth-order valence-electron chi connectivity index (χ4n) is 3.23. The van der Waals surface area contributed by atoms with Gasteiger partial charge in [-0.05, 0) is 42.3 Å². The van der Waals surface area contributed by atoms with E-state index in [0.29, 0.717) is 11.4 Å². The first kappa shape index (κ1) is 18.6. The molecule has 0 unspecified atom stereocenters. The maximum atomic E-state index is 12.8. The molecule has 1 aromatic carbocycles. The largest absolute Gasteiger partial charge is 0.360 e. The van der Waals surface area contributed by atoms with Gasteiger partial charge < -0.3 is 10.2 Å². The monoisotopic (exact) mass is 386 g/mol. The molecule has 146 valence electrons. The molecule has 0 radical (unpaired) electrons. The Bertz CT molecular complexity index is 1120. The Kier molecular flexibility index (Phi) is 5.20. The highest BCUT2D eigenvalue weighted by Crippen LogP contribution is 2.25. The van der Waals surface area contributed by atoms with Gasteiger partial charge in [0, 0.05) is 36.9 Å². The molecule has 2 N–H and O–H groups in total. The first-order valence-electron chi connectivity index (χ1n) is 9.53. The van der Waals surface area contributed by atoms with Crippen LogP contribution in [0.25, 0.3) is 22.0 Å². The van der Waals surface area contributed by atoms with Crippen molar-refractivity contribution in [3.63, 3.8) is 0 Å². The van der Waals surface area contributed by atoms with Crippen LogP contribution < -0.4 is 10.2 Å². The molecule has 0 aliphatic heterocycles. The summed E-state index contributed by atoms with van der Waals surface area (Å²) in [5.74, 6) is 0.590. The van der Waals surface area contributed by atoms with E-state index in [1.807, 2.05) is 49.5 Å². The Morgan fingerprint density at radius 3 is 2.76 bits per heavy atom. The van der Waals surface area contributed by atoms with Crippen molar-refractivity contribution in [1.29, 1.82) is 0 Å². The van der Waals surface area contributed by atoms with Crippen LogP contribution in [0.1, 0.15) is 23.8 Å². The Morgan fingerprint density at radius 2 is 2.03 bits per heavy atom. The van der Waals surface area contributed by atoms with E-state index in [0.717, 1.165) is 40.8 Å². The van der Waals surface area contributed by atoms with Gasteiger partial charge in [-0.15, -0.1) is 0 Å². The van der Waals surface area contributed by atoms with E-state index in [2.05, 4.69) is 37.3 Å². The molecule has 0 aliphatic carbocycles. The third-order valence-electron chi connectivity index (χ3n) is 4.73. The number of hydrogen-bond acceptors (Lipinski definition) is 5. The number of nitrogens with one attached hydrogen (secondary N) is 2. The van der Waals surface area contributed by atoms with Crippen LogP contribution in [0, 0.1) is 0 Å². The number of anilines is 2. The molecule has 4 rings (SSSR count). The summed E-state index contributed by atoms with van der Waals surface area (Å²) in [4.78, 5) is 23.5. The van der Waals surface area contributed by atoms with Crippen LogP contribution in [0.5, 0.6) is 0 Å². The lowest BCUT2D eigenvalue weighted by atomic mass is 10.0. The summed E-state index contributed by atoms with van der Waals surface area (Å²) >= 11 is 0. The van der Waals surface area contributed by atoms with E-state index >= 15 is 0 Å². The normalized spacial score (nSPS) is 10.8. The lowest BCUT2D eigenvalue weighted by Gasteiger charge is -2.17. The van der Waals surface area contributed by atoms with Gasteiger partial charge in [0.2, 0.25) is 0 Å². The van der Waals surface area contributed by atoms with Crippen LogP contribution in [-0.4, -0.2) is 39.7 Å². The number of carbonyl (C=O) groups excluding carboxylic acids is 1. The second-order valence-corrected chi connectivity index (χ2v) is 6.86. The maximum Gasteiger partial charge on any atom is 0.276 e. The molecule has 0 aliphatic rings. The molecule has 3 aromatic heterocycles. The van der Waals surface area contributed by atoms with E-state index < -0.39 is 0 Å². The van der Waals surface area contributed by atoms with E-state index in [-0.39, 0.29) is 5.91 Å². The average Bonchev–Trinajstić information content (AvgIpc) is 3.18. The van der Waals surface area contributed by atoms with E-state index in [1.54, 1.807) is 18.6 Å². The zero-order chi connectivity index (χ0) is 20.2. The zero-order valence-corrected chi connectivity index (χ0v) is 16.4. The summed E-state index contributed by atoms with van der Waals surface area (Å²) < 4.78 is 0. The topological polar surface area (TPSA) is 86.8 Å². The van der Waals surface area contributed by atoms with Gasteiger partial charge in [-0.1, -0.05) is 19.1 Å². The number of aromatic amines is 1. The number of H-pyrrole nitrogens is 1. The Morgan fingerprint density at radius 1 is 1.14 bits per heavy atom. The molecule has 0 fully saturated rings. The Balaban J connectivity index is 1.57. The van der Waals surface area contributed by atoms with Crippen molar-refractivity contribution in [2.24, 2.45) is 0 Å². The van der Waals surface area contributed by atoms with Gasteiger partial charge in [0.25, 0.3) is 5.91 Å². The fraction of sp³-hybridized carbons (Fsp3) is 0.182. The summed E-state index contributed by atoms with van der Waals surface area (Å²) in [6.07, 6.45) is 6.24. The number of aromatic nitrogens is 4. The molecule has 7 heteroatoms. The highest BCUT2D eigenvalue weighted by Gasteiger charge is 2.15. The van der Waals surface area contributed by atoms with Crippen molar-refractivity contribution in [2.45, 2.75) is 13.3 Å². The minimum atomic E-state index is -0.281. The zero-order valence-electron chi connectivity index (χ0n) is 16.4. The highest BCUT2D eigenvalue weighted by molar-refractivity contribution is 6.11. The van der Waals surface area contributed by atoms with Crippen molar-refractivity contribution >= 4 is 28.3 Å². The summed E-state index contributed by atoms with van der Waals surface area (Å²) in [7, 11) is 2.00. The number of benzene rings is 1.